The number of para-hydroxylation sites is 2. The summed E-state index contributed by atoms with van der Waals surface area (Å²) in [6.45, 7) is 0. The van der Waals surface area contributed by atoms with E-state index < -0.39 is 0 Å². The Morgan fingerprint density at radius 1 is 1.06 bits per heavy atom. The highest BCUT2D eigenvalue weighted by Gasteiger charge is 2.28. The highest BCUT2D eigenvalue weighted by Crippen LogP contribution is 2.48. The summed E-state index contributed by atoms with van der Waals surface area (Å²) in [5.41, 5.74) is 2.34. The predicted octanol–water partition coefficient (Wildman–Crippen LogP) is 6.32. The van der Waals surface area contributed by atoms with Crippen LogP contribution in [0, 0.1) is 0 Å². The molecule has 160 valence electrons. The molecular weight excluding hydrogens is 466 g/mol. The standard InChI is InChI=1S/C23H16ClN3O3S2/c1-29-18-11-10-14(24)12-15(18)22-25-26-23(30-22)31-13-21(28)27-16-6-2-4-8-19(16)32-20-9-5-3-7-17(20)27/h2-12H,13H2,1H3. The van der Waals surface area contributed by atoms with Crippen LogP contribution >= 0.6 is 35.1 Å². The molecular formula is C23H16ClN3O3S2. The minimum absolute atomic E-state index is 0.0738. The van der Waals surface area contributed by atoms with Crippen LogP contribution in [-0.2, 0) is 4.79 Å². The molecule has 0 saturated carbocycles. The molecule has 32 heavy (non-hydrogen) atoms. The maximum atomic E-state index is 13.3. The maximum Gasteiger partial charge on any atom is 0.277 e. The van der Waals surface area contributed by atoms with Crippen molar-refractivity contribution in [3.63, 3.8) is 0 Å². The van der Waals surface area contributed by atoms with Crippen LogP contribution in [-0.4, -0.2) is 29.0 Å². The molecule has 1 aliphatic heterocycles. The lowest BCUT2D eigenvalue weighted by atomic mass is 10.2. The van der Waals surface area contributed by atoms with E-state index in [-0.39, 0.29) is 17.6 Å². The quantitative estimate of drug-likeness (QED) is 0.309. The number of benzene rings is 3. The number of carbonyl (C=O) groups is 1. The fraction of sp³-hybridized carbons (Fsp3) is 0.0870. The van der Waals surface area contributed by atoms with E-state index in [4.69, 9.17) is 20.8 Å². The van der Waals surface area contributed by atoms with Crippen molar-refractivity contribution in [1.29, 1.82) is 0 Å². The molecule has 0 bridgehead atoms. The highest BCUT2D eigenvalue weighted by molar-refractivity contribution is 8.00. The van der Waals surface area contributed by atoms with Crippen LogP contribution < -0.4 is 9.64 Å². The zero-order valence-corrected chi connectivity index (χ0v) is 19.2. The number of ether oxygens (including phenoxy) is 1. The van der Waals surface area contributed by atoms with Gasteiger partial charge in [-0.15, -0.1) is 10.2 Å². The number of aromatic nitrogens is 2. The molecule has 2 heterocycles. The third kappa shape index (κ3) is 3.97. The number of fused-ring (bicyclic) bond motifs is 2. The predicted molar refractivity (Wildman–Crippen MR) is 126 cm³/mol. The number of thioether (sulfide) groups is 1. The first-order chi connectivity index (χ1) is 15.6. The Balaban J connectivity index is 1.37. The smallest absolute Gasteiger partial charge is 0.277 e. The summed E-state index contributed by atoms with van der Waals surface area (Å²) in [7, 11) is 1.56. The van der Waals surface area contributed by atoms with E-state index in [9.17, 15) is 4.79 Å². The van der Waals surface area contributed by atoms with Crippen molar-refractivity contribution < 1.29 is 13.9 Å². The Labute approximate surface area is 197 Å². The van der Waals surface area contributed by atoms with Gasteiger partial charge in [-0.25, -0.2) is 0 Å². The van der Waals surface area contributed by atoms with Crippen molar-refractivity contribution in [3.8, 4) is 17.2 Å². The van der Waals surface area contributed by atoms with Crippen LogP contribution in [0.2, 0.25) is 5.02 Å². The summed E-state index contributed by atoms with van der Waals surface area (Å²) in [6.07, 6.45) is 0. The average molecular weight is 482 g/mol. The molecule has 0 radical (unpaired) electrons. The minimum Gasteiger partial charge on any atom is -0.496 e. The van der Waals surface area contributed by atoms with Crippen molar-refractivity contribution in [2.75, 3.05) is 17.8 Å². The van der Waals surface area contributed by atoms with E-state index in [0.29, 0.717) is 21.6 Å². The van der Waals surface area contributed by atoms with Gasteiger partial charge in [-0.05, 0) is 42.5 Å². The molecule has 0 unspecified atom stereocenters. The summed E-state index contributed by atoms with van der Waals surface area (Å²) in [6, 6.07) is 20.9. The molecule has 6 nitrogen and oxygen atoms in total. The average Bonchev–Trinajstić information content (AvgIpc) is 3.30. The van der Waals surface area contributed by atoms with Crippen LogP contribution in [0.5, 0.6) is 5.75 Å². The number of hydrogen-bond acceptors (Lipinski definition) is 7. The van der Waals surface area contributed by atoms with Crippen LogP contribution in [0.15, 0.2) is 86.2 Å². The van der Waals surface area contributed by atoms with Gasteiger partial charge in [0, 0.05) is 14.8 Å². The molecule has 0 spiro atoms. The molecule has 9 heteroatoms. The van der Waals surface area contributed by atoms with Crippen LogP contribution in [0.25, 0.3) is 11.5 Å². The topological polar surface area (TPSA) is 68.5 Å². The van der Waals surface area contributed by atoms with Crippen LogP contribution in [0.1, 0.15) is 0 Å². The highest BCUT2D eigenvalue weighted by atomic mass is 35.5. The Bertz CT molecular complexity index is 1270. The maximum absolute atomic E-state index is 13.3. The molecule has 0 saturated heterocycles. The monoisotopic (exact) mass is 481 g/mol. The second kappa shape index (κ2) is 8.90. The first-order valence-corrected chi connectivity index (χ1v) is 11.8. The first kappa shape index (κ1) is 20.9. The Kier molecular flexibility index (Phi) is 5.82. The Morgan fingerprint density at radius 2 is 1.75 bits per heavy atom. The molecule has 1 aromatic heterocycles. The molecule has 5 rings (SSSR count). The molecule has 3 aromatic carbocycles. The lowest BCUT2D eigenvalue weighted by Gasteiger charge is -2.30. The van der Waals surface area contributed by atoms with Gasteiger partial charge < -0.3 is 9.15 Å². The minimum atomic E-state index is -0.0738. The van der Waals surface area contributed by atoms with E-state index in [1.165, 1.54) is 11.8 Å². The largest absolute Gasteiger partial charge is 0.496 e. The Morgan fingerprint density at radius 3 is 2.44 bits per heavy atom. The van der Waals surface area contributed by atoms with Crippen molar-refractivity contribution in [2.24, 2.45) is 0 Å². The zero-order valence-electron chi connectivity index (χ0n) is 16.8. The number of methoxy groups -OCH3 is 1. The second-order valence-electron chi connectivity index (χ2n) is 6.77. The summed E-state index contributed by atoms with van der Waals surface area (Å²) in [5, 5.41) is 9.00. The summed E-state index contributed by atoms with van der Waals surface area (Å²) < 4.78 is 11.1. The van der Waals surface area contributed by atoms with Crippen LogP contribution in [0.4, 0.5) is 11.4 Å². The number of amides is 1. The van der Waals surface area contributed by atoms with Gasteiger partial charge >= 0.3 is 0 Å². The Hall–Kier alpha value is -2.94. The van der Waals surface area contributed by atoms with Crippen molar-refractivity contribution in [2.45, 2.75) is 15.0 Å². The van der Waals surface area contributed by atoms with Gasteiger partial charge in [0.05, 0.1) is 29.8 Å². The van der Waals surface area contributed by atoms with E-state index >= 15 is 0 Å². The fourth-order valence-electron chi connectivity index (χ4n) is 3.39. The third-order valence-corrected chi connectivity index (χ3v) is 6.97. The lowest BCUT2D eigenvalue weighted by Crippen LogP contribution is -2.29. The number of anilines is 2. The number of rotatable bonds is 5. The molecule has 4 aromatic rings. The molecule has 1 amide bonds. The molecule has 0 atom stereocenters. The van der Waals surface area contributed by atoms with Gasteiger partial charge in [0.25, 0.3) is 11.1 Å². The fourth-order valence-corrected chi connectivity index (χ4v) is 5.23. The molecule has 1 aliphatic rings. The first-order valence-electron chi connectivity index (χ1n) is 9.63. The van der Waals surface area contributed by atoms with E-state index in [2.05, 4.69) is 10.2 Å². The van der Waals surface area contributed by atoms with Crippen molar-refractivity contribution >= 4 is 52.4 Å². The van der Waals surface area contributed by atoms with Gasteiger partial charge in [0.1, 0.15) is 5.75 Å². The van der Waals surface area contributed by atoms with Crippen molar-refractivity contribution in [3.05, 3.63) is 71.8 Å². The van der Waals surface area contributed by atoms with Gasteiger partial charge in [-0.3, -0.25) is 9.69 Å². The summed E-state index contributed by atoms with van der Waals surface area (Å²) in [5.74, 6) is 0.922. The SMILES string of the molecule is COc1ccc(Cl)cc1-c1nnc(SCC(=O)N2c3ccccc3Sc3ccccc32)o1. The number of carbonyl (C=O) groups excluding carboxylic acids is 1. The van der Waals surface area contributed by atoms with Crippen LogP contribution in [0.3, 0.4) is 0 Å². The summed E-state index contributed by atoms with van der Waals surface area (Å²) in [4.78, 5) is 17.1. The zero-order chi connectivity index (χ0) is 22.1. The van der Waals surface area contributed by atoms with Gasteiger partial charge in [-0.2, -0.15) is 0 Å². The van der Waals surface area contributed by atoms with Gasteiger partial charge in [0.2, 0.25) is 5.91 Å². The normalized spacial score (nSPS) is 12.2. The molecule has 0 aliphatic carbocycles. The summed E-state index contributed by atoms with van der Waals surface area (Å²) >= 11 is 8.95. The van der Waals surface area contributed by atoms with Crippen molar-refractivity contribution in [1.82, 2.24) is 10.2 Å². The molecule has 0 fully saturated rings. The number of nitrogens with zero attached hydrogens (tertiary/aromatic N) is 3. The second-order valence-corrected chi connectivity index (χ2v) is 9.22. The number of halogens is 1. The van der Waals surface area contributed by atoms with E-state index in [1.807, 2.05) is 48.5 Å². The number of hydrogen-bond donors (Lipinski definition) is 0. The van der Waals surface area contributed by atoms with Gasteiger partial charge in [-0.1, -0.05) is 59.4 Å². The third-order valence-electron chi connectivity index (χ3n) is 4.80. The van der Waals surface area contributed by atoms with Gasteiger partial charge in [0.15, 0.2) is 0 Å². The lowest BCUT2D eigenvalue weighted by molar-refractivity contribution is -0.115. The van der Waals surface area contributed by atoms with E-state index in [1.54, 1.807) is 42.0 Å². The molecule has 0 N–H and O–H groups in total. The van der Waals surface area contributed by atoms with E-state index in [0.717, 1.165) is 21.2 Å².